The van der Waals surface area contributed by atoms with Crippen LogP contribution in [0.25, 0.3) is 6.08 Å². The molecule has 1 aliphatic heterocycles. The van der Waals surface area contributed by atoms with Crippen LogP contribution >= 0.6 is 0 Å². The molecule has 0 unspecified atom stereocenters. The van der Waals surface area contributed by atoms with Crippen molar-refractivity contribution in [3.05, 3.63) is 35.9 Å². The van der Waals surface area contributed by atoms with Crippen LogP contribution in [0.1, 0.15) is 5.56 Å². The zero-order valence-electron chi connectivity index (χ0n) is 7.17. The van der Waals surface area contributed by atoms with Gasteiger partial charge in [0, 0.05) is 59.5 Å². The number of para-hydroxylation sites is 1. The number of benzene rings is 1. The maximum absolute atomic E-state index is 5.34. The molecule has 0 saturated heterocycles. The normalized spacial score (nSPS) is 10.8. The van der Waals surface area contributed by atoms with E-state index in [4.69, 9.17) is 4.74 Å². The van der Waals surface area contributed by atoms with E-state index in [0.717, 1.165) is 5.75 Å². The Balaban J connectivity index is 0. The molecule has 0 aliphatic carbocycles. The van der Waals surface area contributed by atoms with Gasteiger partial charge >= 0.3 is 0 Å². The Kier molecular flexibility index (Phi) is 9.54. The topological polar surface area (TPSA) is 9.23 Å². The molecule has 0 spiro atoms. The van der Waals surface area contributed by atoms with Crippen LogP contribution in [0.4, 0.5) is 0 Å². The third-order valence-corrected chi connectivity index (χ3v) is 1.55. The minimum Gasteiger partial charge on any atom is -0.489 e. The molecular formula is C9H8AlCuOZn. The second kappa shape index (κ2) is 7.80. The average Bonchev–Trinajstić information content (AvgIpc) is 2.05. The van der Waals surface area contributed by atoms with Crippen molar-refractivity contribution in [3.8, 4) is 5.75 Å². The van der Waals surface area contributed by atoms with Gasteiger partial charge in [0.1, 0.15) is 12.4 Å². The molecule has 0 fully saturated rings. The monoisotopic (exact) mass is 286 g/mol. The fraction of sp³-hybridized carbons (Fsp3) is 0.111. The number of hydrogen-bond donors (Lipinski definition) is 0. The first-order chi connectivity index (χ1) is 4.97. The van der Waals surface area contributed by atoms with Crippen molar-refractivity contribution in [2.24, 2.45) is 0 Å². The van der Waals surface area contributed by atoms with E-state index < -0.39 is 0 Å². The molecule has 1 aromatic carbocycles. The minimum absolute atomic E-state index is 0. The van der Waals surface area contributed by atoms with Gasteiger partial charge in [0.15, 0.2) is 0 Å². The van der Waals surface area contributed by atoms with Gasteiger partial charge < -0.3 is 4.74 Å². The number of ether oxygens (including phenoxy) is 1. The summed E-state index contributed by atoms with van der Waals surface area (Å²) in [5.41, 5.74) is 1.17. The molecule has 4 heteroatoms. The van der Waals surface area contributed by atoms with Gasteiger partial charge in [0.2, 0.25) is 0 Å². The van der Waals surface area contributed by atoms with E-state index in [-0.39, 0.29) is 53.9 Å². The molecule has 0 bridgehead atoms. The van der Waals surface area contributed by atoms with E-state index >= 15 is 0 Å². The van der Waals surface area contributed by atoms with Crippen LogP contribution in [0.5, 0.6) is 5.75 Å². The molecule has 4 radical (unpaired) electrons. The zero-order chi connectivity index (χ0) is 6.81. The summed E-state index contributed by atoms with van der Waals surface area (Å²) in [7, 11) is 0. The van der Waals surface area contributed by atoms with Gasteiger partial charge in [-0.05, 0) is 12.1 Å². The van der Waals surface area contributed by atoms with Gasteiger partial charge in [-0.1, -0.05) is 24.3 Å². The van der Waals surface area contributed by atoms with Crippen LogP contribution in [0.3, 0.4) is 0 Å². The van der Waals surface area contributed by atoms with Crippen LogP contribution in [0, 0.1) is 0 Å². The molecule has 1 nitrogen and oxygen atoms in total. The molecule has 0 N–H and O–H groups in total. The summed E-state index contributed by atoms with van der Waals surface area (Å²) in [6.07, 6.45) is 4.10. The summed E-state index contributed by atoms with van der Waals surface area (Å²) >= 11 is 0. The predicted octanol–water partition coefficient (Wildman–Crippen LogP) is 1.71. The van der Waals surface area contributed by atoms with E-state index in [1.807, 2.05) is 30.3 Å². The van der Waals surface area contributed by atoms with Crippen molar-refractivity contribution >= 4 is 23.4 Å². The van der Waals surface area contributed by atoms with Gasteiger partial charge in [-0.2, -0.15) is 0 Å². The Hall–Kier alpha value is 0.435. The summed E-state index contributed by atoms with van der Waals surface area (Å²) in [4.78, 5) is 0. The largest absolute Gasteiger partial charge is 0.489 e. The van der Waals surface area contributed by atoms with Crippen LogP contribution in [-0.4, -0.2) is 24.0 Å². The average molecular weight is 288 g/mol. The molecular weight excluding hydrogens is 280 g/mol. The molecule has 0 atom stereocenters. The van der Waals surface area contributed by atoms with Crippen molar-refractivity contribution in [2.45, 2.75) is 0 Å². The molecule has 1 aromatic rings. The molecule has 0 saturated carbocycles. The maximum atomic E-state index is 5.34. The molecule has 13 heavy (non-hydrogen) atoms. The first kappa shape index (κ1) is 15.9. The zero-order valence-corrected chi connectivity index (χ0v) is 12.2. The molecule has 1 heterocycles. The minimum atomic E-state index is 0. The Labute approximate surface area is 112 Å². The molecule has 0 aromatic heterocycles. The first-order valence-electron chi connectivity index (χ1n) is 3.35. The SMILES string of the molecule is C1=Cc2ccccc2OC1.[Al].[Cu].[Zn]. The van der Waals surface area contributed by atoms with Crippen molar-refractivity contribution < 1.29 is 41.3 Å². The van der Waals surface area contributed by atoms with Gasteiger partial charge in [-0.15, -0.1) is 0 Å². The summed E-state index contributed by atoms with van der Waals surface area (Å²) in [6.45, 7) is 0.705. The summed E-state index contributed by atoms with van der Waals surface area (Å²) in [6, 6.07) is 8.03. The van der Waals surface area contributed by atoms with Gasteiger partial charge in [-0.3, -0.25) is 0 Å². The van der Waals surface area contributed by atoms with E-state index in [2.05, 4.69) is 6.08 Å². The van der Waals surface area contributed by atoms with E-state index in [1.165, 1.54) is 5.56 Å². The quantitative estimate of drug-likeness (QED) is 0.660. The summed E-state index contributed by atoms with van der Waals surface area (Å²) in [5.74, 6) is 0.991. The summed E-state index contributed by atoms with van der Waals surface area (Å²) in [5, 5.41) is 0. The smallest absolute Gasteiger partial charge is 0.126 e. The summed E-state index contributed by atoms with van der Waals surface area (Å²) < 4.78 is 5.34. The fourth-order valence-corrected chi connectivity index (χ4v) is 1.06. The maximum Gasteiger partial charge on any atom is 0.126 e. The van der Waals surface area contributed by atoms with Crippen LogP contribution in [0.2, 0.25) is 0 Å². The Morgan fingerprint density at radius 1 is 1.15 bits per heavy atom. The van der Waals surface area contributed by atoms with Crippen molar-refractivity contribution in [1.29, 1.82) is 0 Å². The van der Waals surface area contributed by atoms with Crippen LogP contribution < -0.4 is 4.74 Å². The predicted molar refractivity (Wildman–Crippen MR) is 46.7 cm³/mol. The second-order valence-electron chi connectivity index (χ2n) is 2.25. The van der Waals surface area contributed by atoms with E-state index in [9.17, 15) is 0 Å². The van der Waals surface area contributed by atoms with E-state index in [1.54, 1.807) is 0 Å². The third kappa shape index (κ3) is 3.98. The first-order valence-corrected chi connectivity index (χ1v) is 3.35. The van der Waals surface area contributed by atoms with Crippen LogP contribution in [-0.2, 0) is 36.5 Å². The fourth-order valence-electron chi connectivity index (χ4n) is 1.06. The van der Waals surface area contributed by atoms with Gasteiger partial charge in [-0.25, -0.2) is 0 Å². The Morgan fingerprint density at radius 3 is 2.54 bits per heavy atom. The third-order valence-electron chi connectivity index (χ3n) is 1.55. The molecule has 1 aliphatic rings. The molecule has 0 amide bonds. The molecule has 66 valence electrons. The molecule has 2 rings (SSSR count). The number of fused-ring (bicyclic) bond motifs is 1. The van der Waals surface area contributed by atoms with Crippen LogP contribution in [0.15, 0.2) is 30.3 Å². The van der Waals surface area contributed by atoms with E-state index in [0.29, 0.717) is 6.61 Å². The Morgan fingerprint density at radius 2 is 1.85 bits per heavy atom. The van der Waals surface area contributed by atoms with Crippen molar-refractivity contribution in [1.82, 2.24) is 0 Å². The standard InChI is InChI=1S/C9H8O.Al.Cu.Zn/c1-2-6-9-8(4-1)5-3-7-10-9;;;/h1-6H,7H2;;;. The number of rotatable bonds is 0. The second-order valence-corrected chi connectivity index (χ2v) is 2.25. The Bertz CT molecular complexity index is 278. The van der Waals surface area contributed by atoms with Crippen molar-refractivity contribution in [3.63, 3.8) is 0 Å². The van der Waals surface area contributed by atoms with Gasteiger partial charge in [0.25, 0.3) is 0 Å². The number of hydrogen-bond acceptors (Lipinski definition) is 1. The van der Waals surface area contributed by atoms with Gasteiger partial charge in [0.05, 0.1) is 0 Å². The van der Waals surface area contributed by atoms with Crippen molar-refractivity contribution in [2.75, 3.05) is 6.61 Å².